The van der Waals surface area contributed by atoms with Crippen LogP contribution in [-0.2, 0) is 16.4 Å². The Morgan fingerprint density at radius 2 is 1.78 bits per heavy atom. The zero-order valence-electron chi connectivity index (χ0n) is 15.6. The van der Waals surface area contributed by atoms with Gasteiger partial charge in [-0.3, -0.25) is 4.79 Å². The Hall–Kier alpha value is -2.18. The summed E-state index contributed by atoms with van der Waals surface area (Å²) in [6.45, 7) is 2.45. The van der Waals surface area contributed by atoms with Gasteiger partial charge in [-0.2, -0.15) is 0 Å². The van der Waals surface area contributed by atoms with E-state index in [-0.39, 0.29) is 11.9 Å². The predicted molar refractivity (Wildman–Crippen MR) is 106 cm³/mol. The highest BCUT2D eigenvalue weighted by Gasteiger charge is 2.22. The van der Waals surface area contributed by atoms with Crippen molar-refractivity contribution in [1.29, 1.82) is 0 Å². The van der Waals surface area contributed by atoms with Gasteiger partial charge in [-0.15, -0.1) is 0 Å². The van der Waals surface area contributed by atoms with Crippen molar-refractivity contribution in [2.45, 2.75) is 50.0 Å². The van der Waals surface area contributed by atoms with Crippen LogP contribution in [0.1, 0.15) is 47.2 Å². The van der Waals surface area contributed by atoms with Crippen LogP contribution in [0.4, 0.5) is 0 Å². The average molecular weight is 387 g/mol. The number of sulfonamides is 1. The van der Waals surface area contributed by atoms with Crippen LogP contribution in [0, 0.1) is 6.92 Å². The van der Waals surface area contributed by atoms with E-state index in [1.807, 2.05) is 37.3 Å². The number of aryl methyl sites for hydroxylation is 1. The third-order valence-corrected chi connectivity index (χ3v) is 6.43. The van der Waals surface area contributed by atoms with Crippen molar-refractivity contribution in [3.8, 4) is 0 Å². The first-order valence-corrected chi connectivity index (χ1v) is 10.9. The lowest BCUT2D eigenvalue weighted by molar-refractivity contribution is 0.0954. The van der Waals surface area contributed by atoms with Crippen LogP contribution < -0.4 is 10.0 Å². The summed E-state index contributed by atoms with van der Waals surface area (Å²) >= 11 is 0. The number of hydrogen-bond donors (Lipinski definition) is 2. The van der Waals surface area contributed by atoms with Gasteiger partial charge in [0, 0.05) is 18.2 Å². The molecule has 2 N–H and O–H groups in total. The summed E-state index contributed by atoms with van der Waals surface area (Å²) in [7, 11) is -3.45. The Balaban J connectivity index is 1.52. The SMILES string of the molecule is Cc1cccc(C(=O)NCCc2ccc(S(=O)(=O)NC3CCCC3)cc2)c1. The van der Waals surface area contributed by atoms with Gasteiger partial charge >= 0.3 is 0 Å². The molecule has 0 unspecified atom stereocenters. The highest BCUT2D eigenvalue weighted by Crippen LogP contribution is 2.20. The lowest BCUT2D eigenvalue weighted by atomic mass is 10.1. The van der Waals surface area contributed by atoms with Gasteiger partial charge in [0.1, 0.15) is 0 Å². The molecular formula is C21H26N2O3S. The van der Waals surface area contributed by atoms with Crippen LogP contribution >= 0.6 is 0 Å². The Kier molecular flexibility index (Phi) is 6.29. The fourth-order valence-electron chi connectivity index (χ4n) is 3.38. The molecule has 0 aromatic heterocycles. The van der Waals surface area contributed by atoms with Crippen molar-refractivity contribution >= 4 is 15.9 Å². The van der Waals surface area contributed by atoms with Gasteiger partial charge in [0.2, 0.25) is 10.0 Å². The summed E-state index contributed by atoms with van der Waals surface area (Å²) in [5, 5.41) is 2.90. The van der Waals surface area contributed by atoms with Crippen LogP contribution in [0.25, 0.3) is 0 Å². The zero-order chi connectivity index (χ0) is 19.3. The van der Waals surface area contributed by atoms with Crippen LogP contribution in [0.3, 0.4) is 0 Å². The van der Waals surface area contributed by atoms with Crippen LogP contribution in [0.2, 0.25) is 0 Å². The topological polar surface area (TPSA) is 75.3 Å². The fraction of sp³-hybridized carbons (Fsp3) is 0.381. The van der Waals surface area contributed by atoms with Crippen molar-refractivity contribution in [3.05, 3.63) is 65.2 Å². The normalized spacial score (nSPS) is 15.0. The molecule has 2 aromatic carbocycles. The second-order valence-electron chi connectivity index (χ2n) is 7.12. The molecule has 1 amide bonds. The molecule has 0 atom stereocenters. The molecule has 0 aliphatic heterocycles. The highest BCUT2D eigenvalue weighted by molar-refractivity contribution is 7.89. The van der Waals surface area contributed by atoms with Crippen molar-refractivity contribution < 1.29 is 13.2 Å². The summed E-state index contributed by atoms with van der Waals surface area (Å²) in [5.74, 6) is -0.0985. The summed E-state index contributed by atoms with van der Waals surface area (Å²) < 4.78 is 27.6. The minimum Gasteiger partial charge on any atom is -0.352 e. The molecule has 1 fully saturated rings. The van der Waals surface area contributed by atoms with Crippen LogP contribution in [0.15, 0.2) is 53.4 Å². The maximum absolute atomic E-state index is 12.4. The molecule has 0 bridgehead atoms. The van der Waals surface area contributed by atoms with Gasteiger partial charge < -0.3 is 5.32 Å². The molecule has 6 heteroatoms. The van der Waals surface area contributed by atoms with E-state index in [4.69, 9.17) is 0 Å². The third kappa shape index (κ3) is 5.40. The Bertz CT molecular complexity index is 886. The van der Waals surface area contributed by atoms with E-state index in [1.165, 1.54) is 0 Å². The molecule has 144 valence electrons. The van der Waals surface area contributed by atoms with Crippen molar-refractivity contribution in [2.75, 3.05) is 6.54 Å². The van der Waals surface area contributed by atoms with E-state index in [9.17, 15) is 13.2 Å². The summed E-state index contributed by atoms with van der Waals surface area (Å²) in [5.41, 5.74) is 2.68. The smallest absolute Gasteiger partial charge is 0.251 e. The largest absolute Gasteiger partial charge is 0.352 e. The maximum Gasteiger partial charge on any atom is 0.251 e. The third-order valence-electron chi connectivity index (χ3n) is 4.89. The van der Waals surface area contributed by atoms with E-state index >= 15 is 0 Å². The molecule has 0 saturated heterocycles. The number of benzene rings is 2. The number of hydrogen-bond acceptors (Lipinski definition) is 3. The van der Waals surface area contributed by atoms with Crippen molar-refractivity contribution in [1.82, 2.24) is 10.0 Å². The molecule has 5 nitrogen and oxygen atoms in total. The molecule has 2 aromatic rings. The van der Waals surface area contributed by atoms with E-state index in [2.05, 4.69) is 10.0 Å². The summed E-state index contributed by atoms with van der Waals surface area (Å²) in [4.78, 5) is 12.4. The van der Waals surface area contributed by atoms with Gasteiger partial charge in [-0.1, -0.05) is 42.7 Å². The fourth-order valence-corrected chi connectivity index (χ4v) is 4.68. The number of amides is 1. The van der Waals surface area contributed by atoms with Crippen LogP contribution in [-0.4, -0.2) is 26.9 Å². The Labute approximate surface area is 161 Å². The molecule has 1 aliphatic carbocycles. The lowest BCUT2D eigenvalue weighted by Gasteiger charge is -2.13. The van der Waals surface area contributed by atoms with Crippen molar-refractivity contribution in [3.63, 3.8) is 0 Å². The number of rotatable bonds is 7. The van der Waals surface area contributed by atoms with Gasteiger partial charge in [0.25, 0.3) is 5.91 Å². The van der Waals surface area contributed by atoms with E-state index in [1.54, 1.807) is 18.2 Å². The molecule has 1 saturated carbocycles. The molecule has 0 spiro atoms. The number of carbonyl (C=O) groups is 1. The lowest BCUT2D eigenvalue weighted by Crippen LogP contribution is -2.32. The van der Waals surface area contributed by atoms with Gasteiger partial charge in [-0.25, -0.2) is 13.1 Å². The molecular weight excluding hydrogens is 360 g/mol. The van der Waals surface area contributed by atoms with E-state index < -0.39 is 10.0 Å². The number of nitrogens with one attached hydrogen (secondary N) is 2. The first-order chi connectivity index (χ1) is 12.9. The van der Waals surface area contributed by atoms with E-state index in [0.717, 1.165) is 36.8 Å². The molecule has 1 aliphatic rings. The Morgan fingerprint density at radius 3 is 2.44 bits per heavy atom. The number of carbonyl (C=O) groups excluding carboxylic acids is 1. The van der Waals surface area contributed by atoms with E-state index in [0.29, 0.717) is 23.4 Å². The second kappa shape index (κ2) is 8.67. The monoisotopic (exact) mass is 386 g/mol. The highest BCUT2D eigenvalue weighted by atomic mass is 32.2. The quantitative estimate of drug-likeness (QED) is 0.767. The van der Waals surface area contributed by atoms with Gasteiger partial charge in [-0.05, 0) is 56.0 Å². The summed E-state index contributed by atoms with van der Waals surface area (Å²) in [6.07, 6.45) is 4.64. The molecule has 0 radical (unpaired) electrons. The Morgan fingerprint density at radius 1 is 1.07 bits per heavy atom. The maximum atomic E-state index is 12.4. The molecule has 27 heavy (non-hydrogen) atoms. The first-order valence-electron chi connectivity index (χ1n) is 9.40. The van der Waals surface area contributed by atoms with Crippen LogP contribution in [0.5, 0.6) is 0 Å². The summed E-state index contributed by atoms with van der Waals surface area (Å²) in [6, 6.07) is 14.4. The van der Waals surface area contributed by atoms with Crippen molar-refractivity contribution in [2.24, 2.45) is 0 Å². The average Bonchev–Trinajstić information content (AvgIpc) is 3.14. The molecule has 3 rings (SSSR count). The predicted octanol–water partition coefficient (Wildman–Crippen LogP) is 3.19. The standard InChI is InChI=1S/C21H26N2O3S/c1-16-5-4-6-18(15-16)21(24)22-14-13-17-9-11-20(12-10-17)27(25,26)23-19-7-2-3-8-19/h4-6,9-12,15,19,23H,2-3,7-8,13-14H2,1H3,(H,22,24). The minimum atomic E-state index is -3.45. The minimum absolute atomic E-state index is 0.0616. The van der Waals surface area contributed by atoms with Gasteiger partial charge in [0.05, 0.1) is 4.90 Å². The van der Waals surface area contributed by atoms with Gasteiger partial charge in [0.15, 0.2) is 0 Å². The zero-order valence-corrected chi connectivity index (χ0v) is 16.4. The molecule has 0 heterocycles. The second-order valence-corrected chi connectivity index (χ2v) is 8.84. The first kappa shape index (κ1) is 19.6.